The van der Waals surface area contributed by atoms with Gasteiger partial charge in [0.2, 0.25) is 5.91 Å². The Bertz CT molecular complexity index is 504. The molecule has 0 saturated heterocycles. The van der Waals surface area contributed by atoms with E-state index in [0.717, 1.165) is 51.4 Å². The van der Waals surface area contributed by atoms with Crippen molar-refractivity contribution in [1.82, 2.24) is 5.32 Å². The van der Waals surface area contributed by atoms with E-state index in [-0.39, 0.29) is 5.91 Å². The van der Waals surface area contributed by atoms with Gasteiger partial charge in [-0.15, -0.1) is 0 Å². The van der Waals surface area contributed by atoms with Crippen molar-refractivity contribution < 1.29 is 9.90 Å². The van der Waals surface area contributed by atoms with Crippen LogP contribution in [0.3, 0.4) is 0 Å². The molecule has 0 heterocycles. The summed E-state index contributed by atoms with van der Waals surface area (Å²) in [5.74, 6) is -0.163. The van der Waals surface area contributed by atoms with Gasteiger partial charge >= 0.3 is 0 Å². The van der Waals surface area contributed by atoms with Crippen LogP contribution >= 0.6 is 0 Å². The average molecular weight is 374 g/mol. The number of hydrogen-bond acceptors (Lipinski definition) is 2. The van der Waals surface area contributed by atoms with Crippen LogP contribution in [0.5, 0.6) is 0 Å². The Morgan fingerprint density at radius 2 is 1.44 bits per heavy atom. The second-order valence-corrected chi connectivity index (χ2v) is 6.85. The third kappa shape index (κ3) is 16.1. The summed E-state index contributed by atoms with van der Waals surface area (Å²) in [5, 5.41) is 13.5. The van der Waals surface area contributed by atoms with Crippen molar-refractivity contribution in [3.63, 3.8) is 0 Å². The van der Waals surface area contributed by atoms with Gasteiger partial charge < -0.3 is 10.4 Å². The highest BCUT2D eigenvalue weighted by molar-refractivity contribution is 5.87. The first-order valence-electron chi connectivity index (χ1n) is 10.4. The number of allylic oxidation sites excluding steroid dienone is 9. The predicted molar refractivity (Wildman–Crippen MR) is 118 cm³/mol. The molecule has 0 aromatic rings. The highest BCUT2D eigenvalue weighted by Crippen LogP contribution is 2.20. The van der Waals surface area contributed by atoms with Crippen molar-refractivity contribution in [3.8, 4) is 0 Å². The van der Waals surface area contributed by atoms with Gasteiger partial charge in [0.15, 0.2) is 0 Å². The fourth-order valence-electron chi connectivity index (χ4n) is 2.55. The molecule has 0 radical (unpaired) electrons. The predicted octanol–water partition coefficient (Wildman–Crippen LogP) is 5.80. The summed E-state index contributed by atoms with van der Waals surface area (Å²) in [7, 11) is 0. The second kappa shape index (κ2) is 17.5. The van der Waals surface area contributed by atoms with Gasteiger partial charge in [-0.1, -0.05) is 94.2 Å². The molecule has 2 N–H and O–H groups in total. The van der Waals surface area contributed by atoms with Gasteiger partial charge in [-0.3, -0.25) is 4.79 Å². The zero-order valence-corrected chi connectivity index (χ0v) is 17.5. The first kappa shape index (κ1) is 25.1. The third-order valence-corrected chi connectivity index (χ3v) is 4.24. The topological polar surface area (TPSA) is 49.3 Å². The number of amides is 1. The van der Waals surface area contributed by atoms with E-state index >= 15 is 0 Å². The molecule has 27 heavy (non-hydrogen) atoms. The van der Waals surface area contributed by atoms with Gasteiger partial charge in [0.25, 0.3) is 0 Å². The highest BCUT2D eigenvalue weighted by Gasteiger charge is 2.25. The minimum Gasteiger partial charge on any atom is -0.388 e. The molecule has 3 nitrogen and oxygen atoms in total. The Labute approximate surface area is 166 Å². The van der Waals surface area contributed by atoms with E-state index in [1.165, 1.54) is 6.08 Å². The first-order valence-corrected chi connectivity index (χ1v) is 10.4. The molecular formula is C24H39NO2. The van der Waals surface area contributed by atoms with E-state index in [0.29, 0.717) is 6.54 Å². The normalized spacial score (nSPS) is 13.2. The summed E-state index contributed by atoms with van der Waals surface area (Å²) in [4.78, 5) is 11.9. The standard InChI is InChI=1S/C24H39NO2/c1-4-7-10-11-12-13-14-15-16-17-18-19-23(26)25-22-24(27,20-8-5-2)21-9-6-3/h4,7,10-11,14-19,27H,5-6,8-9,12-13,20-22H2,1-3H3,(H,25,26). The minimum absolute atomic E-state index is 0.163. The fourth-order valence-corrected chi connectivity index (χ4v) is 2.55. The second-order valence-electron chi connectivity index (χ2n) is 6.85. The van der Waals surface area contributed by atoms with E-state index in [9.17, 15) is 9.90 Å². The van der Waals surface area contributed by atoms with Crippen molar-refractivity contribution in [2.24, 2.45) is 0 Å². The Hall–Kier alpha value is -1.87. The van der Waals surface area contributed by atoms with Crippen molar-refractivity contribution in [2.45, 2.75) is 77.7 Å². The SMILES string of the molecule is CC=CC=CCCC=CC=CC=CC(=O)NCC(O)(CCCC)CCCC. The van der Waals surface area contributed by atoms with E-state index in [4.69, 9.17) is 0 Å². The molecule has 0 fully saturated rings. The highest BCUT2D eigenvalue weighted by atomic mass is 16.3. The van der Waals surface area contributed by atoms with Crippen LogP contribution in [-0.4, -0.2) is 23.2 Å². The number of carbonyl (C=O) groups is 1. The van der Waals surface area contributed by atoms with Crippen LogP contribution in [0, 0.1) is 0 Å². The fraction of sp³-hybridized carbons (Fsp3) is 0.542. The molecule has 1 amide bonds. The molecule has 0 aromatic heterocycles. The lowest BCUT2D eigenvalue weighted by atomic mass is 9.91. The zero-order valence-electron chi connectivity index (χ0n) is 17.5. The summed E-state index contributed by atoms with van der Waals surface area (Å²) < 4.78 is 0. The number of rotatable bonds is 15. The summed E-state index contributed by atoms with van der Waals surface area (Å²) >= 11 is 0. The quantitative estimate of drug-likeness (QED) is 0.217. The Kier molecular flexibility index (Phi) is 16.3. The monoisotopic (exact) mass is 373 g/mol. The van der Waals surface area contributed by atoms with Crippen LogP contribution in [0.25, 0.3) is 0 Å². The molecule has 3 heteroatoms. The summed E-state index contributed by atoms with van der Waals surface area (Å²) in [5.41, 5.74) is -0.782. The minimum atomic E-state index is -0.782. The number of carbonyl (C=O) groups excluding carboxylic acids is 1. The van der Waals surface area contributed by atoms with Crippen LogP contribution in [-0.2, 0) is 4.79 Å². The van der Waals surface area contributed by atoms with Crippen LogP contribution in [0.15, 0.2) is 60.8 Å². The molecule has 0 aromatic carbocycles. The van der Waals surface area contributed by atoms with Gasteiger partial charge in [-0.05, 0) is 32.6 Å². The van der Waals surface area contributed by atoms with E-state index in [1.54, 1.807) is 6.08 Å². The molecule has 152 valence electrons. The molecular weight excluding hydrogens is 334 g/mol. The maximum Gasteiger partial charge on any atom is 0.244 e. The lowest BCUT2D eigenvalue weighted by Gasteiger charge is -2.28. The van der Waals surface area contributed by atoms with Crippen molar-refractivity contribution in [1.29, 1.82) is 0 Å². The number of nitrogens with one attached hydrogen (secondary N) is 1. The molecule has 0 spiro atoms. The summed E-state index contributed by atoms with van der Waals surface area (Å²) in [6.45, 7) is 6.55. The van der Waals surface area contributed by atoms with Gasteiger partial charge in [-0.2, -0.15) is 0 Å². The van der Waals surface area contributed by atoms with Gasteiger partial charge in [0.05, 0.1) is 5.60 Å². The largest absolute Gasteiger partial charge is 0.388 e. The van der Waals surface area contributed by atoms with E-state index in [1.807, 2.05) is 37.3 Å². The zero-order chi connectivity index (χ0) is 20.2. The number of hydrogen-bond donors (Lipinski definition) is 2. The van der Waals surface area contributed by atoms with Crippen LogP contribution in [0.2, 0.25) is 0 Å². The summed E-state index contributed by atoms with van der Waals surface area (Å²) in [6, 6.07) is 0. The molecule has 0 atom stereocenters. The molecule has 0 saturated carbocycles. The third-order valence-electron chi connectivity index (χ3n) is 4.24. The maximum atomic E-state index is 11.9. The van der Waals surface area contributed by atoms with Crippen LogP contribution in [0.4, 0.5) is 0 Å². The molecule has 0 aliphatic rings. The van der Waals surface area contributed by atoms with Gasteiger partial charge in [0.1, 0.15) is 0 Å². The van der Waals surface area contributed by atoms with Crippen molar-refractivity contribution in [2.75, 3.05) is 6.54 Å². The van der Waals surface area contributed by atoms with E-state index in [2.05, 4.69) is 37.4 Å². The molecule has 0 rings (SSSR count). The number of aliphatic hydroxyl groups is 1. The first-order chi connectivity index (χ1) is 13.1. The lowest BCUT2D eigenvalue weighted by Crippen LogP contribution is -2.42. The molecule has 0 bridgehead atoms. The lowest BCUT2D eigenvalue weighted by molar-refractivity contribution is -0.118. The van der Waals surface area contributed by atoms with Crippen molar-refractivity contribution >= 4 is 5.91 Å². The summed E-state index contributed by atoms with van der Waals surface area (Å²) in [6.07, 6.45) is 26.8. The maximum absolute atomic E-state index is 11.9. The van der Waals surface area contributed by atoms with Crippen molar-refractivity contribution in [3.05, 3.63) is 60.8 Å². The van der Waals surface area contributed by atoms with Crippen LogP contribution < -0.4 is 5.32 Å². The van der Waals surface area contributed by atoms with Crippen LogP contribution in [0.1, 0.15) is 72.1 Å². The molecule has 0 unspecified atom stereocenters. The average Bonchev–Trinajstić information content (AvgIpc) is 2.67. The Morgan fingerprint density at radius 3 is 2.00 bits per heavy atom. The Balaban J connectivity index is 4.16. The number of unbranched alkanes of at least 4 members (excludes halogenated alkanes) is 3. The molecule has 0 aliphatic heterocycles. The van der Waals surface area contributed by atoms with Gasteiger partial charge in [-0.25, -0.2) is 0 Å². The molecule has 0 aliphatic carbocycles. The van der Waals surface area contributed by atoms with E-state index < -0.39 is 5.60 Å². The Morgan fingerprint density at radius 1 is 0.889 bits per heavy atom. The van der Waals surface area contributed by atoms with Gasteiger partial charge in [0, 0.05) is 12.6 Å². The smallest absolute Gasteiger partial charge is 0.244 e.